The smallest absolute Gasteiger partial charge is 0.224 e. The van der Waals surface area contributed by atoms with Crippen LogP contribution >= 0.6 is 0 Å². The molecular formula is C12H21NO2. The van der Waals surface area contributed by atoms with Gasteiger partial charge in [-0.1, -0.05) is 12.2 Å². The van der Waals surface area contributed by atoms with Gasteiger partial charge in [-0.15, -0.1) is 0 Å². The molecule has 0 bridgehead atoms. The Bertz CT molecular complexity index is 266. The number of carbonyl (C=O) groups excluding carboxylic acids is 1. The first kappa shape index (κ1) is 12.2. The van der Waals surface area contributed by atoms with Crippen LogP contribution in [0.4, 0.5) is 0 Å². The van der Waals surface area contributed by atoms with Gasteiger partial charge in [-0.3, -0.25) is 4.79 Å². The van der Waals surface area contributed by atoms with Gasteiger partial charge in [0.25, 0.3) is 0 Å². The molecular weight excluding hydrogens is 190 g/mol. The van der Waals surface area contributed by atoms with E-state index >= 15 is 0 Å². The summed E-state index contributed by atoms with van der Waals surface area (Å²) in [4.78, 5) is 11.8. The minimum Gasteiger partial charge on any atom is -0.388 e. The molecule has 0 fully saturated rings. The van der Waals surface area contributed by atoms with Gasteiger partial charge in [0, 0.05) is 5.92 Å². The fourth-order valence-electron chi connectivity index (χ4n) is 1.39. The molecule has 3 nitrogen and oxygen atoms in total. The Hall–Kier alpha value is -0.830. The predicted molar refractivity (Wildman–Crippen MR) is 60.4 cm³/mol. The van der Waals surface area contributed by atoms with E-state index in [9.17, 15) is 9.90 Å². The van der Waals surface area contributed by atoms with E-state index in [4.69, 9.17) is 0 Å². The molecule has 0 heterocycles. The molecule has 0 radical (unpaired) electrons. The van der Waals surface area contributed by atoms with Crippen molar-refractivity contribution in [3.63, 3.8) is 0 Å². The highest BCUT2D eigenvalue weighted by Crippen LogP contribution is 2.23. The summed E-state index contributed by atoms with van der Waals surface area (Å²) in [5.74, 6) is 0.0822. The van der Waals surface area contributed by atoms with Crippen molar-refractivity contribution in [2.45, 2.75) is 51.7 Å². The Labute approximate surface area is 91.6 Å². The van der Waals surface area contributed by atoms with Crippen LogP contribution in [-0.2, 0) is 4.79 Å². The standard InChI is InChI=1S/C12H21NO2/c1-11(2,12(3,4)15)13-10(14)9-7-5-6-8-9/h5-6,9,15H,7-8H2,1-4H3,(H,13,14). The van der Waals surface area contributed by atoms with Crippen LogP contribution in [0, 0.1) is 5.92 Å². The van der Waals surface area contributed by atoms with Crippen LogP contribution in [0.3, 0.4) is 0 Å². The highest BCUT2D eigenvalue weighted by Gasteiger charge is 2.37. The van der Waals surface area contributed by atoms with E-state index in [0.29, 0.717) is 0 Å². The average Bonchev–Trinajstić information content (AvgIpc) is 2.51. The first-order chi connectivity index (χ1) is 6.74. The van der Waals surface area contributed by atoms with Crippen LogP contribution < -0.4 is 5.32 Å². The number of nitrogens with one attached hydrogen (secondary N) is 1. The fraction of sp³-hybridized carbons (Fsp3) is 0.750. The third kappa shape index (κ3) is 2.81. The summed E-state index contributed by atoms with van der Waals surface area (Å²) in [5.41, 5.74) is -1.53. The van der Waals surface area contributed by atoms with E-state index in [-0.39, 0.29) is 11.8 Å². The number of aliphatic hydroxyl groups is 1. The third-order valence-corrected chi connectivity index (χ3v) is 3.34. The molecule has 3 heteroatoms. The molecule has 1 rings (SSSR count). The SMILES string of the molecule is CC(C)(O)C(C)(C)NC(=O)C1CC=CC1. The lowest BCUT2D eigenvalue weighted by Crippen LogP contribution is -2.58. The van der Waals surface area contributed by atoms with Gasteiger partial charge in [0.2, 0.25) is 5.91 Å². The molecule has 0 unspecified atom stereocenters. The molecule has 1 aliphatic carbocycles. The van der Waals surface area contributed by atoms with E-state index in [1.807, 2.05) is 26.0 Å². The molecule has 1 aliphatic rings. The monoisotopic (exact) mass is 211 g/mol. The van der Waals surface area contributed by atoms with Crippen molar-refractivity contribution in [1.82, 2.24) is 5.32 Å². The summed E-state index contributed by atoms with van der Waals surface area (Å²) < 4.78 is 0. The Morgan fingerprint density at radius 2 is 1.73 bits per heavy atom. The van der Waals surface area contributed by atoms with Crippen molar-refractivity contribution in [2.75, 3.05) is 0 Å². The number of hydrogen-bond donors (Lipinski definition) is 2. The lowest BCUT2D eigenvalue weighted by atomic mass is 9.85. The zero-order chi connectivity index (χ0) is 11.7. The summed E-state index contributed by atoms with van der Waals surface area (Å²) in [7, 11) is 0. The molecule has 86 valence electrons. The van der Waals surface area contributed by atoms with Gasteiger partial charge in [-0.05, 0) is 40.5 Å². The van der Waals surface area contributed by atoms with Gasteiger partial charge in [-0.25, -0.2) is 0 Å². The zero-order valence-corrected chi connectivity index (χ0v) is 10.0. The second-order valence-corrected chi connectivity index (χ2v) is 5.31. The van der Waals surface area contributed by atoms with Gasteiger partial charge in [-0.2, -0.15) is 0 Å². The van der Waals surface area contributed by atoms with Crippen molar-refractivity contribution in [1.29, 1.82) is 0 Å². The van der Waals surface area contributed by atoms with Gasteiger partial charge in [0.1, 0.15) is 0 Å². The molecule has 0 aromatic rings. The van der Waals surface area contributed by atoms with Crippen LogP contribution in [-0.4, -0.2) is 22.2 Å². The van der Waals surface area contributed by atoms with Crippen molar-refractivity contribution in [3.05, 3.63) is 12.2 Å². The Balaban J connectivity index is 2.57. The summed E-state index contributed by atoms with van der Waals surface area (Å²) in [6, 6.07) is 0. The first-order valence-corrected chi connectivity index (χ1v) is 5.43. The summed E-state index contributed by atoms with van der Waals surface area (Å²) in [6.07, 6.45) is 5.68. The van der Waals surface area contributed by atoms with Crippen LogP contribution in [0.1, 0.15) is 40.5 Å². The lowest BCUT2D eigenvalue weighted by molar-refractivity contribution is -0.129. The molecule has 1 amide bonds. The van der Waals surface area contributed by atoms with Gasteiger partial charge in [0.05, 0.1) is 11.1 Å². The quantitative estimate of drug-likeness (QED) is 0.697. The number of hydrogen-bond acceptors (Lipinski definition) is 2. The maximum Gasteiger partial charge on any atom is 0.224 e. The molecule has 0 saturated heterocycles. The Kier molecular flexibility index (Phi) is 3.24. The summed E-state index contributed by atoms with van der Waals surface area (Å²) >= 11 is 0. The van der Waals surface area contributed by atoms with E-state index in [1.165, 1.54) is 0 Å². The van der Waals surface area contributed by atoms with Gasteiger partial charge in [0.15, 0.2) is 0 Å². The van der Waals surface area contributed by atoms with Crippen molar-refractivity contribution < 1.29 is 9.90 Å². The van der Waals surface area contributed by atoms with Crippen molar-refractivity contribution in [2.24, 2.45) is 5.92 Å². The van der Waals surface area contributed by atoms with E-state index in [2.05, 4.69) is 5.32 Å². The molecule has 2 N–H and O–H groups in total. The molecule has 0 atom stereocenters. The number of amides is 1. The zero-order valence-electron chi connectivity index (χ0n) is 10.0. The number of rotatable bonds is 3. The average molecular weight is 211 g/mol. The van der Waals surface area contributed by atoms with Crippen LogP contribution in [0.2, 0.25) is 0 Å². The molecule has 0 aromatic heterocycles. The van der Waals surface area contributed by atoms with E-state index in [0.717, 1.165) is 12.8 Å². The lowest BCUT2D eigenvalue weighted by Gasteiger charge is -2.38. The minimum absolute atomic E-state index is 0.0344. The number of carbonyl (C=O) groups is 1. The Morgan fingerprint density at radius 3 is 2.13 bits per heavy atom. The molecule has 15 heavy (non-hydrogen) atoms. The van der Waals surface area contributed by atoms with Crippen LogP contribution in [0.15, 0.2) is 12.2 Å². The number of allylic oxidation sites excluding steroid dienone is 2. The predicted octanol–water partition coefficient (Wildman–Crippen LogP) is 1.62. The highest BCUT2D eigenvalue weighted by atomic mass is 16.3. The molecule has 0 aromatic carbocycles. The molecule has 0 aliphatic heterocycles. The van der Waals surface area contributed by atoms with Crippen molar-refractivity contribution >= 4 is 5.91 Å². The van der Waals surface area contributed by atoms with E-state index in [1.54, 1.807) is 13.8 Å². The maximum atomic E-state index is 11.8. The second kappa shape index (κ2) is 3.97. The maximum absolute atomic E-state index is 11.8. The van der Waals surface area contributed by atoms with E-state index < -0.39 is 11.1 Å². The minimum atomic E-state index is -0.922. The highest BCUT2D eigenvalue weighted by molar-refractivity contribution is 5.80. The second-order valence-electron chi connectivity index (χ2n) is 5.31. The largest absolute Gasteiger partial charge is 0.388 e. The first-order valence-electron chi connectivity index (χ1n) is 5.43. The normalized spacial score (nSPS) is 18.2. The van der Waals surface area contributed by atoms with Gasteiger partial charge >= 0.3 is 0 Å². The van der Waals surface area contributed by atoms with Crippen LogP contribution in [0.5, 0.6) is 0 Å². The van der Waals surface area contributed by atoms with Gasteiger partial charge < -0.3 is 10.4 Å². The molecule has 0 spiro atoms. The summed E-state index contributed by atoms with van der Waals surface area (Å²) in [6.45, 7) is 7.10. The molecule has 0 saturated carbocycles. The third-order valence-electron chi connectivity index (χ3n) is 3.34. The topological polar surface area (TPSA) is 49.3 Å². The summed E-state index contributed by atoms with van der Waals surface area (Å²) in [5, 5.41) is 12.8. The van der Waals surface area contributed by atoms with Crippen LogP contribution in [0.25, 0.3) is 0 Å². The van der Waals surface area contributed by atoms with Crippen molar-refractivity contribution in [3.8, 4) is 0 Å². The fourth-order valence-corrected chi connectivity index (χ4v) is 1.39. The Morgan fingerprint density at radius 1 is 1.27 bits per heavy atom.